The van der Waals surface area contributed by atoms with Crippen LogP contribution in [0.3, 0.4) is 0 Å². The molecule has 0 aliphatic carbocycles. The van der Waals surface area contributed by atoms with Gasteiger partial charge in [-0.05, 0) is 44.5 Å². The van der Waals surface area contributed by atoms with Gasteiger partial charge in [0, 0.05) is 18.3 Å². The van der Waals surface area contributed by atoms with Gasteiger partial charge in [-0.3, -0.25) is 4.79 Å². The van der Waals surface area contributed by atoms with Crippen LogP contribution in [-0.2, 0) is 9.53 Å². The molecule has 104 valence electrons. The van der Waals surface area contributed by atoms with E-state index in [1.807, 2.05) is 25.2 Å². The first-order valence-corrected chi connectivity index (χ1v) is 6.87. The van der Waals surface area contributed by atoms with Crippen molar-refractivity contribution >= 4 is 11.6 Å². The number of amides is 1. The standard InChI is InChI=1S/C15H22N2O2/c1-11(16-2)12-5-3-6-13(9-12)17-15(18)10-14-7-4-8-19-14/h3,5-6,9,11,14,16H,4,7-8,10H2,1-2H3,(H,17,18). The Kier molecular flexibility index (Phi) is 4.93. The summed E-state index contributed by atoms with van der Waals surface area (Å²) in [4.78, 5) is 11.9. The van der Waals surface area contributed by atoms with Crippen molar-refractivity contribution in [2.45, 2.75) is 38.3 Å². The molecule has 1 aromatic rings. The summed E-state index contributed by atoms with van der Waals surface area (Å²) < 4.78 is 5.47. The van der Waals surface area contributed by atoms with E-state index in [1.165, 1.54) is 0 Å². The van der Waals surface area contributed by atoms with Crippen molar-refractivity contribution in [3.8, 4) is 0 Å². The lowest BCUT2D eigenvalue weighted by atomic mass is 10.1. The Hall–Kier alpha value is -1.39. The van der Waals surface area contributed by atoms with Crippen LogP contribution in [0.15, 0.2) is 24.3 Å². The van der Waals surface area contributed by atoms with E-state index in [0.29, 0.717) is 6.42 Å². The van der Waals surface area contributed by atoms with Crippen LogP contribution in [0.2, 0.25) is 0 Å². The smallest absolute Gasteiger partial charge is 0.226 e. The van der Waals surface area contributed by atoms with Crippen molar-refractivity contribution in [1.82, 2.24) is 5.32 Å². The highest BCUT2D eigenvalue weighted by Gasteiger charge is 2.19. The number of hydrogen-bond acceptors (Lipinski definition) is 3. The zero-order valence-electron chi connectivity index (χ0n) is 11.6. The average molecular weight is 262 g/mol. The van der Waals surface area contributed by atoms with Gasteiger partial charge in [-0.15, -0.1) is 0 Å². The van der Waals surface area contributed by atoms with Gasteiger partial charge in [0.2, 0.25) is 5.91 Å². The summed E-state index contributed by atoms with van der Waals surface area (Å²) in [5.74, 6) is 0.0289. The molecule has 0 aromatic heterocycles. The molecule has 2 unspecified atom stereocenters. The van der Waals surface area contributed by atoms with Gasteiger partial charge in [0.25, 0.3) is 0 Å². The summed E-state index contributed by atoms with van der Waals surface area (Å²) >= 11 is 0. The normalized spacial score (nSPS) is 20.2. The fourth-order valence-electron chi connectivity index (χ4n) is 2.28. The molecule has 1 fully saturated rings. The quantitative estimate of drug-likeness (QED) is 0.857. The fourth-order valence-corrected chi connectivity index (χ4v) is 2.28. The molecule has 0 radical (unpaired) electrons. The lowest BCUT2D eigenvalue weighted by Crippen LogP contribution is -2.19. The molecule has 2 atom stereocenters. The van der Waals surface area contributed by atoms with Crippen LogP contribution < -0.4 is 10.6 Å². The largest absolute Gasteiger partial charge is 0.378 e. The molecule has 0 saturated carbocycles. The molecule has 1 aliphatic heterocycles. The third-order valence-corrected chi connectivity index (χ3v) is 3.54. The molecular weight excluding hydrogens is 240 g/mol. The predicted octanol–water partition coefficient (Wildman–Crippen LogP) is 2.47. The van der Waals surface area contributed by atoms with Gasteiger partial charge in [-0.1, -0.05) is 12.1 Å². The lowest BCUT2D eigenvalue weighted by molar-refractivity contribution is -0.118. The van der Waals surface area contributed by atoms with Crippen molar-refractivity contribution < 1.29 is 9.53 Å². The first-order chi connectivity index (χ1) is 9.19. The summed E-state index contributed by atoms with van der Waals surface area (Å²) in [5.41, 5.74) is 2.01. The first kappa shape index (κ1) is 14.0. The zero-order chi connectivity index (χ0) is 13.7. The van der Waals surface area contributed by atoms with E-state index in [1.54, 1.807) is 0 Å². The Balaban J connectivity index is 1.92. The van der Waals surface area contributed by atoms with Gasteiger partial charge in [-0.25, -0.2) is 0 Å². The van der Waals surface area contributed by atoms with Crippen molar-refractivity contribution in [2.24, 2.45) is 0 Å². The SMILES string of the molecule is CNC(C)c1cccc(NC(=O)CC2CCCO2)c1. The molecule has 1 aliphatic rings. The number of nitrogens with one attached hydrogen (secondary N) is 2. The zero-order valence-corrected chi connectivity index (χ0v) is 11.6. The second-order valence-electron chi connectivity index (χ2n) is 5.02. The summed E-state index contributed by atoms with van der Waals surface area (Å²) in [5, 5.41) is 6.13. The minimum atomic E-state index is 0.0289. The number of rotatable bonds is 5. The number of anilines is 1. The molecule has 1 saturated heterocycles. The van der Waals surface area contributed by atoms with E-state index in [4.69, 9.17) is 4.74 Å². The van der Waals surface area contributed by atoms with E-state index in [9.17, 15) is 4.79 Å². The van der Waals surface area contributed by atoms with E-state index in [2.05, 4.69) is 23.6 Å². The highest BCUT2D eigenvalue weighted by atomic mass is 16.5. The van der Waals surface area contributed by atoms with Crippen LogP contribution in [0, 0.1) is 0 Å². The van der Waals surface area contributed by atoms with Crippen molar-refractivity contribution in [3.63, 3.8) is 0 Å². The lowest BCUT2D eigenvalue weighted by Gasteiger charge is -2.13. The maximum Gasteiger partial charge on any atom is 0.226 e. The number of hydrogen-bond donors (Lipinski definition) is 2. The minimum Gasteiger partial charge on any atom is -0.378 e. The van der Waals surface area contributed by atoms with E-state index in [0.717, 1.165) is 30.7 Å². The highest BCUT2D eigenvalue weighted by Crippen LogP contribution is 2.19. The van der Waals surface area contributed by atoms with Gasteiger partial charge >= 0.3 is 0 Å². The predicted molar refractivity (Wildman–Crippen MR) is 76.1 cm³/mol. The molecule has 0 spiro atoms. The van der Waals surface area contributed by atoms with E-state index in [-0.39, 0.29) is 18.1 Å². The van der Waals surface area contributed by atoms with Crippen LogP contribution >= 0.6 is 0 Å². The molecule has 2 rings (SSSR count). The number of benzene rings is 1. The van der Waals surface area contributed by atoms with E-state index >= 15 is 0 Å². The van der Waals surface area contributed by atoms with Crippen LogP contribution in [0.5, 0.6) is 0 Å². The fraction of sp³-hybridized carbons (Fsp3) is 0.533. The molecule has 19 heavy (non-hydrogen) atoms. The topological polar surface area (TPSA) is 50.4 Å². The molecule has 4 heteroatoms. The van der Waals surface area contributed by atoms with Gasteiger partial charge < -0.3 is 15.4 Å². The van der Waals surface area contributed by atoms with Gasteiger partial charge in [-0.2, -0.15) is 0 Å². The molecule has 1 amide bonds. The summed E-state index contributed by atoms with van der Waals surface area (Å²) in [6.07, 6.45) is 2.60. The van der Waals surface area contributed by atoms with Crippen LogP contribution in [-0.4, -0.2) is 25.7 Å². The Labute approximate surface area is 114 Å². The maximum absolute atomic E-state index is 11.9. The van der Waals surface area contributed by atoms with Crippen molar-refractivity contribution in [2.75, 3.05) is 19.0 Å². The van der Waals surface area contributed by atoms with E-state index < -0.39 is 0 Å². The molecule has 2 N–H and O–H groups in total. The Morgan fingerprint density at radius 2 is 2.37 bits per heavy atom. The number of carbonyl (C=O) groups excluding carboxylic acids is 1. The van der Waals surface area contributed by atoms with Crippen molar-refractivity contribution in [3.05, 3.63) is 29.8 Å². The Morgan fingerprint density at radius 3 is 3.05 bits per heavy atom. The third kappa shape index (κ3) is 4.04. The minimum absolute atomic E-state index is 0.0289. The second kappa shape index (κ2) is 6.68. The van der Waals surface area contributed by atoms with Crippen LogP contribution in [0.25, 0.3) is 0 Å². The van der Waals surface area contributed by atoms with Gasteiger partial charge in [0.15, 0.2) is 0 Å². The molecule has 1 aromatic carbocycles. The van der Waals surface area contributed by atoms with Crippen molar-refractivity contribution in [1.29, 1.82) is 0 Å². The monoisotopic (exact) mass is 262 g/mol. The number of ether oxygens (including phenoxy) is 1. The molecule has 4 nitrogen and oxygen atoms in total. The molecular formula is C15H22N2O2. The third-order valence-electron chi connectivity index (χ3n) is 3.54. The second-order valence-corrected chi connectivity index (χ2v) is 5.02. The molecule has 1 heterocycles. The summed E-state index contributed by atoms with van der Waals surface area (Å²) in [7, 11) is 1.92. The summed E-state index contributed by atoms with van der Waals surface area (Å²) in [6.45, 7) is 2.88. The summed E-state index contributed by atoms with van der Waals surface area (Å²) in [6, 6.07) is 8.21. The van der Waals surface area contributed by atoms with Crippen LogP contribution in [0.4, 0.5) is 5.69 Å². The van der Waals surface area contributed by atoms with Gasteiger partial charge in [0.05, 0.1) is 12.5 Å². The Bertz CT molecular complexity index is 428. The highest BCUT2D eigenvalue weighted by molar-refractivity contribution is 5.91. The first-order valence-electron chi connectivity index (χ1n) is 6.87. The molecule has 0 bridgehead atoms. The number of carbonyl (C=O) groups is 1. The Morgan fingerprint density at radius 1 is 1.53 bits per heavy atom. The average Bonchev–Trinajstić information content (AvgIpc) is 2.90. The maximum atomic E-state index is 11.9. The van der Waals surface area contributed by atoms with Crippen LogP contribution in [0.1, 0.15) is 37.8 Å². The van der Waals surface area contributed by atoms with Gasteiger partial charge in [0.1, 0.15) is 0 Å².